The summed E-state index contributed by atoms with van der Waals surface area (Å²) in [6.45, 7) is 7.36. The van der Waals surface area contributed by atoms with Crippen molar-refractivity contribution < 1.29 is 0 Å². The van der Waals surface area contributed by atoms with E-state index in [4.69, 9.17) is 11.0 Å². The number of nitrogens with zero attached hydrogens (tertiary/aromatic N) is 3. The summed E-state index contributed by atoms with van der Waals surface area (Å²) in [6, 6.07) is 7.79. The molecule has 0 spiro atoms. The van der Waals surface area contributed by atoms with Crippen LogP contribution in [-0.4, -0.2) is 37.6 Å². The molecule has 4 heteroatoms. The Kier molecular flexibility index (Phi) is 3.50. The summed E-state index contributed by atoms with van der Waals surface area (Å²) in [4.78, 5) is 4.68. The van der Waals surface area contributed by atoms with Crippen LogP contribution in [0.25, 0.3) is 0 Å². The third-order valence-electron chi connectivity index (χ3n) is 3.36. The van der Waals surface area contributed by atoms with Crippen LogP contribution >= 0.6 is 0 Å². The van der Waals surface area contributed by atoms with Gasteiger partial charge in [0.15, 0.2) is 0 Å². The Hall–Kier alpha value is -1.73. The molecule has 1 heterocycles. The lowest BCUT2D eigenvalue weighted by molar-refractivity contribution is 0.271. The highest BCUT2D eigenvalue weighted by molar-refractivity contribution is 5.74. The first-order valence-corrected chi connectivity index (χ1v) is 6.02. The maximum Gasteiger partial charge on any atom is 0.101 e. The molecule has 1 aromatic carbocycles. The molecule has 0 saturated carbocycles. The van der Waals surface area contributed by atoms with Gasteiger partial charge in [0.05, 0.1) is 16.9 Å². The van der Waals surface area contributed by atoms with Crippen molar-refractivity contribution in [3.8, 4) is 6.07 Å². The molecule has 2 rings (SSSR count). The molecular weight excluding hydrogens is 212 g/mol. The van der Waals surface area contributed by atoms with Crippen LogP contribution < -0.4 is 10.6 Å². The Labute approximate surface area is 102 Å². The van der Waals surface area contributed by atoms with Crippen molar-refractivity contribution in [2.24, 2.45) is 0 Å². The van der Waals surface area contributed by atoms with Gasteiger partial charge in [-0.1, -0.05) is 13.0 Å². The molecule has 0 unspecified atom stereocenters. The van der Waals surface area contributed by atoms with Crippen molar-refractivity contribution in [3.05, 3.63) is 23.8 Å². The fourth-order valence-electron chi connectivity index (χ4n) is 2.23. The number of piperazine rings is 1. The number of nitriles is 1. The van der Waals surface area contributed by atoms with Crippen molar-refractivity contribution in [1.29, 1.82) is 5.26 Å². The van der Waals surface area contributed by atoms with Crippen LogP contribution in [0.1, 0.15) is 12.5 Å². The molecule has 0 atom stereocenters. The molecule has 90 valence electrons. The molecule has 1 aliphatic heterocycles. The summed E-state index contributed by atoms with van der Waals surface area (Å²) in [6.07, 6.45) is 0. The number of anilines is 2. The number of nitrogen functional groups attached to an aromatic ring is 1. The van der Waals surface area contributed by atoms with E-state index >= 15 is 0 Å². The lowest BCUT2D eigenvalue weighted by atomic mass is 10.1. The molecule has 1 fully saturated rings. The van der Waals surface area contributed by atoms with Crippen LogP contribution in [0.15, 0.2) is 18.2 Å². The molecular formula is C13H18N4. The van der Waals surface area contributed by atoms with E-state index < -0.39 is 0 Å². The second kappa shape index (κ2) is 5.07. The Balaban J connectivity index is 2.16. The standard InChI is InChI=1S/C13H18N4/c1-2-16-6-8-17(9-7-16)12-5-3-4-11(10-14)13(12)15/h3-5H,2,6-9,15H2,1H3. The van der Waals surface area contributed by atoms with Gasteiger partial charge in [-0.3, -0.25) is 0 Å². The van der Waals surface area contributed by atoms with Gasteiger partial charge < -0.3 is 15.5 Å². The zero-order valence-electron chi connectivity index (χ0n) is 10.2. The third-order valence-corrected chi connectivity index (χ3v) is 3.36. The van der Waals surface area contributed by atoms with Crippen molar-refractivity contribution in [2.75, 3.05) is 43.4 Å². The molecule has 0 aromatic heterocycles. The average Bonchev–Trinajstić information content (AvgIpc) is 2.39. The van der Waals surface area contributed by atoms with Gasteiger partial charge in [0.1, 0.15) is 6.07 Å². The lowest BCUT2D eigenvalue weighted by Crippen LogP contribution is -2.46. The van der Waals surface area contributed by atoms with Gasteiger partial charge in [0.25, 0.3) is 0 Å². The van der Waals surface area contributed by atoms with E-state index in [9.17, 15) is 0 Å². The number of benzene rings is 1. The smallest absolute Gasteiger partial charge is 0.101 e. The Morgan fingerprint density at radius 3 is 2.59 bits per heavy atom. The molecule has 4 nitrogen and oxygen atoms in total. The number of hydrogen-bond donors (Lipinski definition) is 1. The first-order chi connectivity index (χ1) is 8.26. The summed E-state index contributed by atoms with van der Waals surface area (Å²) in [5, 5.41) is 8.96. The van der Waals surface area contributed by atoms with Gasteiger partial charge in [0, 0.05) is 26.2 Å². The highest BCUT2D eigenvalue weighted by Gasteiger charge is 2.18. The van der Waals surface area contributed by atoms with E-state index in [0.717, 1.165) is 38.4 Å². The van der Waals surface area contributed by atoms with E-state index in [2.05, 4.69) is 22.8 Å². The second-order valence-corrected chi connectivity index (χ2v) is 4.27. The molecule has 0 bridgehead atoms. The van der Waals surface area contributed by atoms with Crippen LogP contribution in [0.5, 0.6) is 0 Å². The minimum Gasteiger partial charge on any atom is -0.396 e. The van der Waals surface area contributed by atoms with Gasteiger partial charge in [-0.05, 0) is 18.7 Å². The van der Waals surface area contributed by atoms with Crippen LogP contribution in [-0.2, 0) is 0 Å². The molecule has 0 aliphatic carbocycles. The predicted octanol–water partition coefficient (Wildman–Crippen LogP) is 1.28. The minimum absolute atomic E-state index is 0.570. The number of para-hydroxylation sites is 1. The molecule has 1 aliphatic rings. The molecule has 0 amide bonds. The number of likely N-dealkylation sites (N-methyl/N-ethyl adjacent to an activating group) is 1. The van der Waals surface area contributed by atoms with Crippen molar-refractivity contribution >= 4 is 11.4 Å². The number of nitrogens with two attached hydrogens (primary N) is 1. The summed E-state index contributed by atoms with van der Waals surface area (Å²) in [5.41, 5.74) is 8.19. The number of rotatable bonds is 2. The van der Waals surface area contributed by atoms with E-state index in [1.165, 1.54) is 0 Å². The van der Waals surface area contributed by atoms with Crippen LogP contribution in [0.2, 0.25) is 0 Å². The van der Waals surface area contributed by atoms with Gasteiger partial charge in [-0.15, -0.1) is 0 Å². The highest BCUT2D eigenvalue weighted by atomic mass is 15.3. The van der Waals surface area contributed by atoms with Crippen LogP contribution in [0, 0.1) is 11.3 Å². The largest absolute Gasteiger partial charge is 0.396 e. The number of hydrogen-bond acceptors (Lipinski definition) is 4. The quantitative estimate of drug-likeness (QED) is 0.778. The van der Waals surface area contributed by atoms with Crippen LogP contribution in [0.3, 0.4) is 0 Å². The summed E-state index contributed by atoms with van der Waals surface area (Å²) in [5.74, 6) is 0. The normalized spacial score (nSPS) is 16.8. The van der Waals surface area contributed by atoms with Crippen molar-refractivity contribution in [2.45, 2.75) is 6.92 Å². The highest BCUT2D eigenvalue weighted by Crippen LogP contribution is 2.26. The van der Waals surface area contributed by atoms with E-state index in [-0.39, 0.29) is 0 Å². The SMILES string of the molecule is CCN1CCN(c2cccc(C#N)c2N)CC1. The maximum atomic E-state index is 8.96. The molecule has 0 radical (unpaired) electrons. The van der Waals surface area contributed by atoms with Crippen molar-refractivity contribution in [1.82, 2.24) is 4.90 Å². The summed E-state index contributed by atoms with van der Waals surface area (Å²) >= 11 is 0. The first-order valence-electron chi connectivity index (χ1n) is 6.02. The van der Waals surface area contributed by atoms with E-state index in [1.54, 1.807) is 6.07 Å². The fourth-order valence-corrected chi connectivity index (χ4v) is 2.23. The van der Waals surface area contributed by atoms with E-state index in [1.807, 2.05) is 12.1 Å². The van der Waals surface area contributed by atoms with E-state index in [0.29, 0.717) is 11.3 Å². The lowest BCUT2D eigenvalue weighted by Gasteiger charge is -2.36. The predicted molar refractivity (Wildman–Crippen MR) is 69.9 cm³/mol. The Morgan fingerprint density at radius 1 is 1.29 bits per heavy atom. The third kappa shape index (κ3) is 2.34. The molecule has 1 saturated heterocycles. The van der Waals surface area contributed by atoms with Crippen LogP contribution in [0.4, 0.5) is 11.4 Å². The topological polar surface area (TPSA) is 56.3 Å². The van der Waals surface area contributed by atoms with Crippen molar-refractivity contribution in [3.63, 3.8) is 0 Å². The summed E-state index contributed by atoms with van der Waals surface area (Å²) in [7, 11) is 0. The molecule has 2 N–H and O–H groups in total. The summed E-state index contributed by atoms with van der Waals surface area (Å²) < 4.78 is 0. The Morgan fingerprint density at radius 2 is 2.00 bits per heavy atom. The molecule has 1 aromatic rings. The maximum absolute atomic E-state index is 8.96. The second-order valence-electron chi connectivity index (χ2n) is 4.27. The fraction of sp³-hybridized carbons (Fsp3) is 0.462. The van der Waals surface area contributed by atoms with Gasteiger partial charge in [0.2, 0.25) is 0 Å². The monoisotopic (exact) mass is 230 g/mol. The minimum atomic E-state index is 0.570. The average molecular weight is 230 g/mol. The zero-order valence-corrected chi connectivity index (χ0v) is 10.2. The first kappa shape index (κ1) is 11.7. The zero-order chi connectivity index (χ0) is 12.3. The van der Waals surface area contributed by atoms with Gasteiger partial charge >= 0.3 is 0 Å². The Bertz CT molecular complexity index is 428. The van der Waals surface area contributed by atoms with Gasteiger partial charge in [-0.25, -0.2) is 0 Å². The van der Waals surface area contributed by atoms with Gasteiger partial charge in [-0.2, -0.15) is 5.26 Å². The molecule has 17 heavy (non-hydrogen) atoms.